The molecule has 2 N–H and O–H groups in total. The van der Waals surface area contributed by atoms with E-state index in [2.05, 4.69) is 30.0 Å². The average Bonchev–Trinajstić information content (AvgIpc) is 2.39. The molecule has 4 heteroatoms. The summed E-state index contributed by atoms with van der Waals surface area (Å²) in [6, 6.07) is 8.88. The van der Waals surface area contributed by atoms with E-state index in [4.69, 9.17) is 17.3 Å². The van der Waals surface area contributed by atoms with E-state index in [9.17, 15) is 0 Å². The summed E-state index contributed by atoms with van der Waals surface area (Å²) in [5.74, 6) is 0. The summed E-state index contributed by atoms with van der Waals surface area (Å²) < 4.78 is 0. The number of likely N-dealkylation sites (tertiary alicyclic amines) is 1. The van der Waals surface area contributed by atoms with Gasteiger partial charge in [0.2, 0.25) is 0 Å². The van der Waals surface area contributed by atoms with Gasteiger partial charge in [0.25, 0.3) is 0 Å². The zero-order valence-electron chi connectivity index (χ0n) is 11.8. The summed E-state index contributed by atoms with van der Waals surface area (Å²) in [7, 11) is 4.37. The largest absolute Gasteiger partial charge is 0.329 e. The number of nitrogens with zero attached hydrogens (tertiary/aromatic N) is 2. The molecule has 1 heterocycles. The summed E-state index contributed by atoms with van der Waals surface area (Å²) in [6.45, 7) is 2.94. The van der Waals surface area contributed by atoms with Crippen molar-refractivity contribution in [2.24, 2.45) is 5.73 Å². The average molecular weight is 282 g/mol. The van der Waals surface area contributed by atoms with Gasteiger partial charge in [-0.1, -0.05) is 23.7 Å². The maximum absolute atomic E-state index is 6.09. The van der Waals surface area contributed by atoms with E-state index < -0.39 is 0 Å². The van der Waals surface area contributed by atoms with Crippen molar-refractivity contribution in [2.75, 3.05) is 33.7 Å². The van der Waals surface area contributed by atoms with Crippen LogP contribution >= 0.6 is 11.6 Å². The van der Waals surface area contributed by atoms with Crippen molar-refractivity contribution in [3.8, 4) is 0 Å². The predicted octanol–water partition coefficient (Wildman–Crippen LogP) is 2.37. The molecule has 0 aliphatic carbocycles. The second kappa shape index (κ2) is 6.71. The first-order valence-electron chi connectivity index (χ1n) is 6.98. The van der Waals surface area contributed by atoms with Crippen LogP contribution in [0.15, 0.2) is 24.3 Å². The molecule has 0 amide bonds. The van der Waals surface area contributed by atoms with Crippen LogP contribution in [0.2, 0.25) is 5.02 Å². The molecule has 19 heavy (non-hydrogen) atoms. The van der Waals surface area contributed by atoms with Crippen LogP contribution in [0.4, 0.5) is 0 Å². The third-order valence-electron chi connectivity index (χ3n) is 4.12. The number of hydrogen-bond acceptors (Lipinski definition) is 3. The second-order valence-corrected chi connectivity index (χ2v) is 5.97. The Morgan fingerprint density at radius 2 is 2.32 bits per heavy atom. The van der Waals surface area contributed by atoms with Crippen molar-refractivity contribution in [3.05, 3.63) is 34.9 Å². The zero-order chi connectivity index (χ0) is 13.8. The minimum absolute atomic E-state index is 0.246. The Labute approximate surface area is 121 Å². The normalized spacial score (nSPS) is 22.7. The highest BCUT2D eigenvalue weighted by Gasteiger charge is 2.26. The lowest BCUT2D eigenvalue weighted by molar-refractivity contribution is 0.101. The number of rotatable bonds is 4. The lowest BCUT2D eigenvalue weighted by Gasteiger charge is -2.40. The molecule has 1 saturated heterocycles. The first kappa shape index (κ1) is 14.8. The van der Waals surface area contributed by atoms with Gasteiger partial charge >= 0.3 is 0 Å². The highest BCUT2D eigenvalue weighted by atomic mass is 35.5. The monoisotopic (exact) mass is 281 g/mol. The summed E-state index contributed by atoms with van der Waals surface area (Å²) in [6.07, 6.45) is 2.51. The molecule has 0 spiro atoms. The van der Waals surface area contributed by atoms with Gasteiger partial charge < -0.3 is 10.6 Å². The zero-order valence-corrected chi connectivity index (χ0v) is 12.6. The molecule has 2 rings (SSSR count). The number of hydrogen-bond donors (Lipinski definition) is 1. The Morgan fingerprint density at radius 1 is 1.53 bits per heavy atom. The first-order valence-corrected chi connectivity index (χ1v) is 7.35. The fraction of sp³-hybridized carbons (Fsp3) is 0.600. The van der Waals surface area contributed by atoms with Gasteiger partial charge in [-0.25, -0.2) is 0 Å². The fourth-order valence-corrected chi connectivity index (χ4v) is 3.18. The molecule has 1 aliphatic rings. The summed E-state index contributed by atoms with van der Waals surface area (Å²) >= 11 is 6.09. The highest BCUT2D eigenvalue weighted by molar-refractivity contribution is 6.30. The van der Waals surface area contributed by atoms with E-state index in [1.54, 1.807) is 0 Å². The smallest absolute Gasteiger partial charge is 0.0471 e. The topological polar surface area (TPSA) is 32.5 Å². The molecule has 3 nitrogen and oxygen atoms in total. The molecule has 106 valence electrons. The minimum Gasteiger partial charge on any atom is -0.329 e. The Balaban J connectivity index is 2.12. The van der Waals surface area contributed by atoms with E-state index in [0.717, 1.165) is 11.6 Å². The molecule has 0 bridgehead atoms. The van der Waals surface area contributed by atoms with Gasteiger partial charge in [0.05, 0.1) is 0 Å². The summed E-state index contributed by atoms with van der Waals surface area (Å²) in [5.41, 5.74) is 7.21. The van der Waals surface area contributed by atoms with Crippen LogP contribution in [0.3, 0.4) is 0 Å². The van der Waals surface area contributed by atoms with Gasteiger partial charge in [0.1, 0.15) is 0 Å². The number of likely N-dealkylation sites (N-methyl/N-ethyl adjacent to an activating group) is 2. The Morgan fingerprint density at radius 3 is 2.95 bits per heavy atom. The van der Waals surface area contributed by atoms with Crippen molar-refractivity contribution >= 4 is 11.6 Å². The third-order valence-corrected chi connectivity index (χ3v) is 4.36. The van der Waals surface area contributed by atoms with Crippen LogP contribution < -0.4 is 5.73 Å². The van der Waals surface area contributed by atoms with Crippen molar-refractivity contribution in [2.45, 2.75) is 24.9 Å². The van der Waals surface area contributed by atoms with Crippen LogP contribution in [0, 0.1) is 0 Å². The lowest BCUT2D eigenvalue weighted by atomic mass is 9.99. The highest BCUT2D eigenvalue weighted by Crippen LogP contribution is 2.26. The van der Waals surface area contributed by atoms with Gasteiger partial charge in [-0.3, -0.25) is 4.90 Å². The molecule has 1 aliphatic heterocycles. The van der Waals surface area contributed by atoms with Crippen LogP contribution in [-0.4, -0.2) is 49.6 Å². The van der Waals surface area contributed by atoms with E-state index in [-0.39, 0.29) is 6.04 Å². The van der Waals surface area contributed by atoms with Gasteiger partial charge in [0, 0.05) is 30.2 Å². The third kappa shape index (κ3) is 3.69. The SMILES string of the molecule is CN1CCCC(N(C)C(CN)c2cccc(Cl)c2)C1. The Hall–Kier alpha value is -0.610. The molecule has 2 atom stereocenters. The molecule has 1 aromatic rings. The van der Waals surface area contributed by atoms with E-state index >= 15 is 0 Å². The van der Waals surface area contributed by atoms with E-state index in [1.807, 2.05) is 18.2 Å². The van der Waals surface area contributed by atoms with Gasteiger partial charge in [-0.2, -0.15) is 0 Å². The molecule has 0 saturated carbocycles. The van der Waals surface area contributed by atoms with Gasteiger partial charge in [-0.05, 0) is 51.2 Å². The number of halogens is 1. The first-order chi connectivity index (χ1) is 9.11. The number of nitrogens with two attached hydrogens (primary N) is 1. The lowest BCUT2D eigenvalue weighted by Crippen LogP contribution is -2.47. The van der Waals surface area contributed by atoms with Crippen LogP contribution in [-0.2, 0) is 0 Å². The van der Waals surface area contributed by atoms with Crippen molar-refractivity contribution < 1.29 is 0 Å². The summed E-state index contributed by atoms with van der Waals surface area (Å²) in [4.78, 5) is 4.82. The van der Waals surface area contributed by atoms with Crippen molar-refractivity contribution in [1.29, 1.82) is 0 Å². The molecule has 2 unspecified atom stereocenters. The molecule has 0 aromatic heterocycles. The van der Waals surface area contributed by atoms with Crippen LogP contribution in [0.5, 0.6) is 0 Å². The minimum atomic E-state index is 0.246. The van der Waals surface area contributed by atoms with Crippen molar-refractivity contribution in [3.63, 3.8) is 0 Å². The van der Waals surface area contributed by atoms with Gasteiger partial charge in [-0.15, -0.1) is 0 Å². The van der Waals surface area contributed by atoms with Gasteiger partial charge in [0.15, 0.2) is 0 Å². The fourth-order valence-electron chi connectivity index (χ4n) is 2.98. The maximum Gasteiger partial charge on any atom is 0.0471 e. The molecule has 1 aromatic carbocycles. The van der Waals surface area contributed by atoms with E-state index in [1.165, 1.54) is 24.9 Å². The Kier molecular flexibility index (Phi) is 5.22. The number of piperidine rings is 1. The van der Waals surface area contributed by atoms with Crippen LogP contribution in [0.1, 0.15) is 24.4 Å². The maximum atomic E-state index is 6.09. The quantitative estimate of drug-likeness (QED) is 0.920. The molecular formula is C15H24ClN3. The van der Waals surface area contributed by atoms with E-state index in [0.29, 0.717) is 12.6 Å². The second-order valence-electron chi connectivity index (χ2n) is 5.53. The predicted molar refractivity (Wildman–Crippen MR) is 81.5 cm³/mol. The standard InChI is InChI=1S/C15H24ClN3/c1-18-8-4-7-14(11-18)19(2)15(10-17)12-5-3-6-13(16)9-12/h3,5-6,9,14-15H,4,7-8,10-11,17H2,1-2H3. The molecule has 0 radical (unpaired) electrons. The molecular weight excluding hydrogens is 258 g/mol. The van der Waals surface area contributed by atoms with Crippen molar-refractivity contribution in [1.82, 2.24) is 9.80 Å². The Bertz CT molecular complexity index is 410. The van der Waals surface area contributed by atoms with Crippen LogP contribution in [0.25, 0.3) is 0 Å². The summed E-state index contributed by atoms with van der Waals surface area (Å²) in [5, 5.41) is 0.783. The molecule has 1 fully saturated rings. The number of benzene rings is 1.